The molecule has 1 amide bonds. The van der Waals surface area contributed by atoms with E-state index in [0.717, 1.165) is 0 Å². The Morgan fingerprint density at radius 3 is 2.93 bits per heavy atom. The summed E-state index contributed by atoms with van der Waals surface area (Å²) in [6.45, 7) is 1.54. The molecule has 6 heteroatoms. The number of hydrogen-bond donors (Lipinski definition) is 2. The summed E-state index contributed by atoms with van der Waals surface area (Å²) in [4.78, 5) is 15.3. The van der Waals surface area contributed by atoms with Crippen LogP contribution < -0.4 is 5.32 Å². The minimum Gasteiger partial charge on any atom is -0.394 e. The van der Waals surface area contributed by atoms with Crippen LogP contribution in [0.3, 0.4) is 0 Å². The third-order valence-corrected chi connectivity index (χ3v) is 2.23. The number of carbonyl (C=O) groups excluding carboxylic acids is 1. The highest BCUT2D eigenvalue weighted by Crippen LogP contribution is 2.17. The lowest BCUT2D eigenvalue weighted by atomic mass is 10.2. The standard InChI is InChI=1S/C9H10Cl2N2O2/c1-5(4-14)13-9(15)6-2-8(11)12-3-7(6)10/h2-3,5,14H,4H2,1H3,(H,13,15)/t5-/m1/s1. The van der Waals surface area contributed by atoms with Crippen molar-refractivity contribution in [2.45, 2.75) is 13.0 Å². The Morgan fingerprint density at radius 1 is 1.67 bits per heavy atom. The van der Waals surface area contributed by atoms with Crippen LogP contribution in [0.25, 0.3) is 0 Å². The van der Waals surface area contributed by atoms with Crippen molar-refractivity contribution < 1.29 is 9.90 Å². The average Bonchev–Trinajstić information content (AvgIpc) is 2.21. The van der Waals surface area contributed by atoms with Gasteiger partial charge in [0.25, 0.3) is 5.91 Å². The molecule has 0 aromatic carbocycles. The lowest BCUT2D eigenvalue weighted by molar-refractivity contribution is 0.0922. The fourth-order valence-corrected chi connectivity index (χ4v) is 1.28. The zero-order valence-corrected chi connectivity index (χ0v) is 9.51. The Balaban J connectivity index is 2.86. The fraction of sp³-hybridized carbons (Fsp3) is 0.333. The van der Waals surface area contributed by atoms with Gasteiger partial charge in [-0.3, -0.25) is 4.79 Å². The van der Waals surface area contributed by atoms with Crippen molar-refractivity contribution >= 4 is 29.1 Å². The van der Waals surface area contributed by atoms with Gasteiger partial charge in [0, 0.05) is 12.2 Å². The van der Waals surface area contributed by atoms with Gasteiger partial charge in [-0.1, -0.05) is 23.2 Å². The molecule has 1 heterocycles. The maximum atomic E-state index is 11.6. The molecule has 2 N–H and O–H groups in total. The van der Waals surface area contributed by atoms with E-state index in [1.165, 1.54) is 12.3 Å². The van der Waals surface area contributed by atoms with Crippen molar-refractivity contribution in [1.29, 1.82) is 0 Å². The van der Waals surface area contributed by atoms with Crippen LogP contribution in [0.4, 0.5) is 0 Å². The predicted molar refractivity (Wildman–Crippen MR) is 58.3 cm³/mol. The summed E-state index contributed by atoms with van der Waals surface area (Å²) >= 11 is 11.4. The highest BCUT2D eigenvalue weighted by atomic mass is 35.5. The van der Waals surface area contributed by atoms with Crippen molar-refractivity contribution in [3.8, 4) is 0 Å². The largest absolute Gasteiger partial charge is 0.394 e. The molecule has 0 saturated heterocycles. The number of nitrogens with zero attached hydrogens (tertiary/aromatic N) is 1. The Morgan fingerprint density at radius 2 is 2.33 bits per heavy atom. The van der Waals surface area contributed by atoms with Crippen LogP contribution in [0, 0.1) is 0 Å². The van der Waals surface area contributed by atoms with Gasteiger partial charge in [0.1, 0.15) is 5.15 Å². The second-order valence-electron chi connectivity index (χ2n) is 3.04. The quantitative estimate of drug-likeness (QED) is 0.798. The van der Waals surface area contributed by atoms with Gasteiger partial charge in [-0.15, -0.1) is 0 Å². The minimum atomic E-state index is -0.383. The summed E-state index contributed by atoms with van der Waals surface area (Å²) in [7, 11) is 0. The Labute approximate surface area is 97.2 Å². The maximum Gasteiger partial charge on any atom is 0.253 e. The maximum absolute atomic E-state index is 11.6. The van der Waals surface area contributed by atoms with Crippen LogP contribution in [0.15, 0.2) is 12.3 Å². The van der Waals surface area contributed by atoms with Gasteiger partial charge in [-0.2, -0.15) is 0 Å². The smallest absolute Gasteiger partial charge is 0.253 e. The molecule has 1 rings (SSSR count). The lowest BCUT2D eigenvalue weighted by Gasteiger charge is -2.11. The molecule has 0 spiro atoms. The average molecular weight is 249 g/mol. The second-order valence-corrected chi connectivity index (χ2v) is 3.84. The molecular weight excluding hydrogens is 239 g/mol. The number of aliphatic hydroxyl groups excluding tert-OH is 1. The van der Waals surface area contributed by atoms with E-state index in [-0.39, 0.29) is 34.3 Å². The summed E-state index contributed by atoms with van der Waals surface area (Å²) in [5.41, 5.74) is 0.247. The number of rotatable bonds is 3. The number of aromatic nitrogens is 1. The third-order valence-electron chi connectivity index (χ3n) is 1.72. The number of amides is 1. The van der Waals surface area contributed by atoms with Gasteiger partial charge in [0.05, 0.1) is 17.2 Å². The minimum absolute atomic E-state index is 0.137. The van der Waals surface area contributed by atoms with Gasteiger partial charge in [-0.05, 0) is 13.0 Å². The molecule has 0 radical (unpaired) electrons. The van der Waals surface area contributed by atoms with Crippen LogP contribution in [0.2, 0.25) is 10.2 Å². The van der Waals surface area contributed by atoms with E-state index in [9.17, 15) is 4.79 Å². The summed E-state index contributed by atoms with van der Waals surface area (Å²) in [6, 6.07) is 1.05. The Hall–Kier alpha value is -0.840. The van der Waals surface area contributed by atoms with Crippen molar-refractivity contribution in [2.24, 2.45) is 0 Å². The molecule has 1 aromatic heterocycles. The normalized spacial score (nSPS) is 12.3. The van der Waals surface area contributed by atoms with E-state index in [4.69, 9.17) is 28.3 Å². The van der Waals surface area contributed by atoms with Crippen molar-refractivity contribution in [3.63, 3.8) is 0 Å². The van der Waals surface area contributed by atoms with Crippen LogP contribution in [0.5, 0.6) is 0 Å². The number of halogens is 2. The number of nitrogens with one attached hydrogen (secondary N) is 1. The second kappa shape index (κ2) is 5.30. The van der Waals surface area contributed by atoms with Crippen molar-refractivity contribution in [3.05, 3.63) is 28.0 Å². The van der Waals surface area contributed by atoms with E-state index in [2.05, 4.69) is 10.3 Å². The first kappa shape index (κ1) is 12.2. The van der Waals surface area contributed by atoms with E-state index in [1.807, 2.05) is 0 Å². The molecule has 0 aliphatic carbocycles. The van der Waals surface area contributed by atoms with Crippen molar-refractivity contribution in [1.82, 2.24) is 10.3 Å². The molecule has 1 atom stereocenters. The van der Waals surface area contributed by atoms with E-state index in [1.54, 1.807) is 6.92 Å². The topological polar surface area (TPSA) is 62.2 Å². The van der Waals surface area contributed by atoms with E-state index < -0.39 is 0 Å². The highest BCUT2D eigenvalue weighted by Gasteiger charge is 2.13. The summed E-state index contributed by atoms with van der Waals surface area (Å²) in [6.07, 6.45) is 1.31. The lowest BCUT2D eigenvalue weighted by Crippen LogP contribution is -2.35. The first-order valence-electron chi connectivity index (χ1n) is 4.27. The van der Waals surface area contributed by atoms with Crippen LogP contribution in [0.1, 0.15) is 17.3 Å². The van der Waals surface area contributed by atoms with Crippen LogP contribution >= 0.6 is 23.2 Å². The molecule has 0 unspecified atom stereocenters. The Bertz CT molecular complexity index is 371. The molecule has 0 fully saturated rings. The SMILES string of the molecule is C[C@H](CO)NC(=O)c1cc(Cl)ncc1Cl. The summed E-state index contributed by atoms with van der Waals surface area (Å²) in [5.74, 6) is -0.383. The van der Waals surface area contributed by atoms with E-state index in [0.29, 0.717) is 0 Å². The van der Waals surface area contributed by atoms with Crippen LogP contribution in [-0.2, 0) is 0 Å². The molecule has 0 saturated carbocycles. The Kier molecular flexibility index (Phi) is 4.32. The monoisotopic (exact) mass is 248 g/mol. The molecular formula is C9H10Cl2N2O2. The van der Waals surface area contributed by atoms with Gasteiger partial charge < -0.3 is 10.4 Å². The highest BCUT2D eigenvalue weighted by molar-refractivity contribution is 6.35. The molecule has 4 nitrogen and oxygen atoms in total. The molecule has 15 heavy (non-hydrogen) atoms. The van der Waals surface area contributed by atoms with Crippen molar-refractivity contribution in [2.75, 3.05) is 6.61 Å². The molecule has 82 valence electrons. The van der Waals surface area contributed by atoms with E-state index >= 15 is 0 Å². The zero-order chi connectivity index (χ0) is 11.4. The molecule has 1 aromatic rings. The molecule has 0 aliphatic rings. The first-order chi connectivity index (χ1) is 7.04. The van der Waals surface area contributed by atoms with Gasteiger partial charge in [-0.25, -0.2) is 4.98 Å². The van der Waals surface area contributed by atoms with Gasteiger partial charge in [0.15, 0.2) is 0 Å². The third kappa shape index (κ3) is 3.34. The predicted octanol–water partition coefficient (Wildman–Crippen LogP) is 1.50. The molecule has 0 bridgehead atoms. The molecule has 0 aliphatic heterocycles. The number of hydrogen-bond acceptors (Lipinski definition) is 3. The number of carbonyl (C=O) groups is 1. The summed E-state index contributed by atoms with van der Waals surface area (Å²) < 4.78 is 0. The summed E-state index contributed by atoms with van der Waals surface area (Å²) in [5, 5.41) is 11.7. The number of pyridine rings is 1. The van der Waals surface area contributed by atoms with Gasteiger partial charge in [0.2, 0.25) is 0 Å². The van der Waals surface area contributed by atoms with Crippen LogP contribution in [-0.4, -0.2) is 28.6 Å². The first-order valence-corrected chi connectivity index (χ1v) is 5.03. The fourth-order valence-electron chi connectivity index (χ4n) is 0.934. The van der Waals surface area contributed by atoms with Gasteiger partial charge >= 0.3 is 0 Å². The zero-order valence-electron chi connectivity index (χ0n) is 8.00. The number of aliphatic hydroxyl groups is 1.